The molecule has 1 N–H and O–H groups in total. The fourth-order valence-electron chi connectivity index (χ4n) is 2.17. The summed E-state index contributed by atoms with van der Waals surface area (Å²) in [5.41, 5.74) is 1.13. The maximum absolute atomic E-state index is 5.55. The highest BCUT2D eigenvalue weighted by Gasteiger charge is 2.30. The Morgan fingerprint density at radius 3 is 2.71 bits per heavy atom. The Morgan fingerprint density at radius 1 is 1.64 bits per heavy atom. The van der Waals surface area contributed by atoms with E-state index in [1.54, 1.807) is 7.11 Å². The van der Waals surface area contributed by atoms with Crippen molar-refractivity contribution >= 4 is 0 Å². The summed E-state index contributed by atoms with van der Waals surface area (Å²) < 4.78 is 5.55. The Bertz CT molecular complexity index is 206. The minimum atomic E-state index is 0.187. The van der Waals surface area contributed by atoms with Crippen molar-refractivity contribution in [1.82, 2.24) is 5.32 Å². The second kappa shape index (κ2) is 5.32. The van der Waals surface area contributed by atoms with Gasteiger partial charge in [0.1, 0.15) is 0 Å². The first-order chi connectivity index (χ1) is 6.70. The van der Waals surface area contributed by atoms with Gasteiger partial charge in [0.15, 0.2) is 0 Å². The first-order valence-corrected chi connectivity index (χ1v) is 5.24. The molecule has 1 aliphatic heterocycles. The van der Waals surface area contributed by atoms with E-state index in [9.17, 15) is 0 Å². The molecule has 1 unspecified atom stereocenters. The predicted molar refractivity (Wildman–Crippen MR) is 60.3 cm³/mol. The van der Waals surface area contributed by atoms with Crippen LogP contribution < -0.4 is 5.32 Å². The van der Waals surface area contributed by atoms with Crippen LogP contribution in [-0.2, 0) is 4.74 Å². The van der Waals surface area contributed by atoms with E-state index in [0.29, 0.717) is 6.04 Å². The third-order valence-corrected chi connectivity index (χ3v) is 2.94. The second-order valence-corrected chi connectivity index (χ2v) is 4.01. The van der Waals surface area contributed by atoms with Gasteiger partial charge in [-0.3, -0.25) is 0 Å². The van der Waals surface area contributed by atoms with Gasteiger partial charge in [0, 0.05) is 19.1 Å². The first-order valence-electron chi connectivity index (χ1n) is 5.24. The molecule has 1 heterocycles. The molecule has 1 saturated heterocycles. The number of nitrogens with one attached hydrogen (secondary N) is 1. The maximum atomic E-state index is 5.55. The lowest BCUT2D eigenvalue weighted by atomic mass is 9.90. The van der Waals surface area contributed by atoms with Gasteiger partial charge < -0.3 is 10.1 Å². The lowest BCUT2D eigenvalue weighted by molar-refractivity contribution is 0.0523. The van der Waals surface area contributed by atoms with Gasteiger partial charge in [-0.2, -0.15) is 0 Å². The van der Waals surface area contributed by atoms with Crippen LogP contribution in [0, 0.1) is 5.92 Å². The molecule has 0 spiro atoms. The van der Waals surface area contributed by atoms with Crippen LogP contribution in [0.3, 0.4) is 0 Å². The normalized spacial score (nSPS) is 25.7. The van der Waals surface area contributed by atoms with Crippen LogP contribution in [-0.4, -0.2) is 25.8 Å². The average Bonchev–Trinajstić information content (AvgIpc) is 2.65. The Morgan fingerprint density at radius 2 is 2.36 bits per heavy atom. The molecule has 0 aromatic rings. The molecule has 0 radical (unpaired) electrons. The van der Waals surface area contributed by atoms with Gasteiger partial charge in [0.25, 0.3) is 0 Å². The summed E-state index contributed by atoms with van der Waals surface area (Å²) >= 11 is 0. The van der Waals surface area contributed by atoms with Crippen LogP contribution in [0.2, 0.25) is 0 Å². The van der Waals surface area contributed by atoms with Gasteiger partial charge in [-0.25, -0.2) is 0 Å². The van der Waals surface area contributed by atoms with Crippen molar-refractivity contribution in [3.05, 3.63) is 24.8 Å². The summed E-state index contributed by atoms with van der Waals surface area (Å²) in [6, 6.07) is 0.458. The molecule has 0 aliphatic carbocycles. The second-order valence-electron chi connectivity index (χ2n) is 4.01. The zero-order valence-electron chi connectivity index (χ0n) is 9.25. The largest absolute Gasteiger partial charge is 0.379 e. The van der Waals surface area contributed by atoms with Crippen molar-refractivity contribution in [2.75, 3.05) is 13.7 Å². The fraction of sp³-hybridized carbons (Fsp3) is 0.667. The van der Waals surface area contributed by atoms with E-state index in [0.717, 1.165) is 12.1 Å². The van der Waals surface area contributed by atoms with Crippen LogP contribution in [0.5, 0.6) is 0 Å². The molecule has 80 valence electrons. The molecule has 2 heteroatoms. The molecule has 0 aromatic heterocycles. The zero-order valence-corrected chi connectivity index (χ0v) is 9.25. The Balaban J connectivity index is 2.66. The lowest BCUT2D eigenvalue weighted by Crippen LogP contribution is -2.41. The van der Waals surface area contributed by atoms with E-state index in [-0.39, 0.29) is 12.0 Å². The van der Waals surface area contributed by atoms with Gasteiger partial charge in [-0.05, 0) is 26.3 Å². The third-order valence-electron chi connectivity index (χ3n) is 2.94. The molecular weight excluding hydrogens is 174 g/mol. The van der Waals surface area contributed by atoms with Crippen LogP contribution in [0.25, 0.3) is 0 Å². The van der Waals surface area contributed by atoms with Crippen molar-refractivity contribution in [3.63, 3.8) is 0 Å². The van der Waals surface area contributed by atoms with E-state index >= 15 is 0 Å². The SMILES string of the molecule is C=C[C@@H](C(=C)C)[C@@H](OC)C1CCCN1. The summed E-state index contributed by atoms with van der Waals surface area (Å²) in [4.78, 5) is 0. The number of hydrogen-bond donors (Lipinski definition) is 1. The molecule has 0 saturated carbocycles. The molecule has 1 rings (SSSR count). The average molecular weight is 195 g/mol. The van der Waals surface area contributed by atoms with E-state index < -0.39 is 0 Å². The Kier molecular flexibility index (Phi) is 4.36. The van der Waals surface area contributed by atoms with Gasteiger partial charge in [-0.1, -0.05) is 18.2 Å². The van der Waals surface area contributed by atoms with Crippen molar-refractivity contribution in [3.8, 4) is 0 Å². The smallest absolute Gasteiger partial charge is 0.0823 e. The summed E-state index contributed by atoms with van der Waals surface area (Å²) in [5, 5.41) is 3.46. The van der Waals surface area contributed by atoms with E-state index in [4.69, 9.17) is 4.74 Å². The summed E-state index contributed by atoms with van der Waals surface area (Å²) in [6.07, 6.45) is 4.56. The molecule has 2 nitrogen and oxygen atoms in total. The number of ether oxygens (including phenoxy) is 1. The minimum Gasteiger partial charge on any atom is -0.379 e. The van der Waals surface area contributed by atoms with Crippen molar-refractivity contribution in [1.29, 1.82) is 0 Å². The molecule has 0 bridgehead atoms. The highest BCUT2D eigenvalue weighted by molar-refractivity contribution is 5.10. The lowest BCUT2D eigenvalue weighted by Gasteiger charge is -2.29. The van der Waals surface area contributed by atoms with Gasteiger partial charge >= 0.3 is 0 Å². The molecule has 1 fully saturated rings. The highest BCUT2D eigenvalue weighted by Crippen LogP contribution is 2.24. The van der Waals surface area contributed by atoms with Crippen LogP contribution >= 0.6 is 0 Å². The molecule has 14 heavy (non-hydrogen) atoms. The monoisotopic (exact) mass is 195 g/mol. The summed E-state index contributed by atoms with van der Waals surface area (Å²) in [6.45, 7) is 11.0. The first kappa shape index (κ1) is 11.5. The number of methoxy groups -OCH3 is 1. The summed E-state index contributed by atoms with van der Waals surface area (Å²) in [7, 11) is 1.77. The van der Waals surface area contributed by atoms with Gasteiger partial charge in [-0.15, -0.1) is 6.58 Å². The zero-order chi connectivity index (χ0) is 10.6. The van der Waals surface area contributed by atoms with Crippen molar-refractivity contribution in [2.45, 2.75) is 31.9 Å². The van der Waals surface area contributed by atoms with E-state index in [1.165, 1.54) is 12.8 Å². The number of hydrogen-bond acceptors (Lipinski definition) is 2. The van der Waals surface area contributed by atoms with E-state index in [2.05, 4.69) is 18.5 Å². The number of rotatable bonds is 5. The van der Waals surface area contributed by atoms with Crippen LogP contribution in [0.15, 0.2) is 24.8 Å². The summed E-state index contributed by atoms with van der Waals surface area (Å²) in [5.74, 6) is 0.260. The van der Waals surface area contributed by atoms with Gasteiger partial charge in [0.2, 0.25) is 0 Å². The quantitative estimate of drug-likeness (QED) is 0.679. The predicted octanol–water partition coefficient (Wildman–Crippen LogP) is 2.13. The van der Waals surface area contributed by atoms with Crippen LogP contribution in [0.4, 0.5) is 0 Å². The van der Waals surface area contributed by atoms with Crippen LogP contribution in [0.1, 0.15) is 19.8 Å². The fourth-order valence-corrected chi connectivity index (χ4v) is 2.17. The van der Waals surface area contributed by atoms with Crippen molar-refractivity contribution < 1.29 is 4.74 Å². The Labute approximate surface area is 87.0 Å². The van der Waals surface area contributed by atoms with Crippen molar-refractivity contribution in [2.24, 2.45) is 5.92 Å². The molecule has 0 amide bonds. The minimum absolute atomic E-state index is 0.187. The molecule has 0 aromatic carbocycles. The van der Waals surface area contributed by atoms with Gasteiger partial charge in [0.05, 0.1) is 6.10 Å². The maximum Gasteiger partial charge on any atom is 0.0823 e. The highest BCUT2D eigenvalue weighted by atomic mass is 16.5. The molecule has 1 aliphatic rings. The topological polar surface area (TPSA) is 21.3 Å². The third kappa shape index (κ3) is 2.46. The molecule has 3 atom stereocenters. The Hall–Kier alpha value is -0.600. The van der Waals surface area contributed by atoms with E-state index in [1.807, 2.05) is 13.0 Å². The standard InChI is InChI=1S/C12H21NO/c1-5-10(9(2)3)12(14-4)11-7-6-8-13-11/h5,10-13H,1-2,6-8H2,3-4H3/t10-,11?,12+/m0/s1. The molecular formula is C12H21NO.